The molecule has 0 radical (unpaired) electrons. The van der Waals surface area contributed by atoms with Gasteiger partial charge in [0.05, 0.1) is 5.52 Å². The Kier molecular flexibility index (Phi) is 10.4. The first kappa shape index (κ1) is 37.7. The van der Waals surface area contributed by atoms with Crippen LogP contribution in [0.4, 0.5) is 22.7 Å². The van der Waals surface area contributed by atoms with Crippen molar-refractivity contribution in [2.24, 2.45) is 14.1 Å². The first-order valence-corrected chi connectivity index (χ1v) is 20.3. The fraction of sp³-hybridized carbons (Fsp3) is 0.0357. The average molecular weight is 775 g/mol. The smallest absolute Gasteiger partial charge is 0.0509 e. The van der Waals surface area contributed by atoms with E-state index in [2.05, 4.69) is 217 Å². The number of allylic oxidation sites excluding steroid dienone is 4. The molecule has 0 spiro atoms. The zero-order chi connectivity index (χ0) is 41.0. The van der Waals surface area contributed by atoms with Crippen LogP contribution in [0.3, 0.4) is 0 Å². The third-order valence-corrected chi connectivity index (χ3v) is 11.3. The van der Waals surface area contributed by atoms with E-state index in [4.69, 9.17) is 5.73 Å². The number of aryl methyl sites for hydroxylation is 2. The lowest BCUT2D eigenvalue weighted by Gasteiger charge is -2.26. The number of benzene rings is 8. The minimum absolute atomic E-state index is 0.780. The predicted octanol–water partition coefficient (Wildman–Crippen LogP) is 14.8. The monoisotopic (exact) mass is 774 g/mol. The Labute approximate surface area is 351 Å². The summed E-state index contributed by atoms with van der Waals surface area (Å²) < 4.78 is 4.54. The molecule has 0 saturated heterocycles. The van der Waals surface area contributed by atoms with Crippen LogP contribution in [0.5, 0.6) is 0 Å². The van der Waals surface area contributed by atoms with Crippen molar-refractivity contribution in [3.63, 3.8) is 0 Å². The first-order chi connectivity index (χ1) is 29.5. The van der Waals surface area contributed by atoms with Crippen molar-refractivity contribution in [2.75, 3.05) is 10.6 Å². The van der Waals surface area contributed by atoms with E-state index in [0.29, 0.717) is 0 Å². The molecular weight excluding hydrogens is 729 g/mol. The van der Waals surface area contributed by atoms with Crippen LogP contribution >= 0.6 is 0 Å². The van der Waals surface area contributed by atoms with Crippen molar-refractivity contribution < 1.29 is 0 Å². The maximum absolute atomic E-state index is 5.85. The van der Waals surface area contributed by atoms with Crippen LogP contribution in [0.25, 0.3) is 71.9 Å². The molecule has 0 saturated carbocycles. The van der Waals surface area contributed by atoms with Crippen LogP contribution in [-0.2, 0) is 14.1 Å². The van der Waals surface area contributed by atoms with E-state index in [0.717, 1.165) is 28.3 Å². The van der Waals surface area contributed by atoms with Gasteiger partial charge in [-0.2, -0.15) is 0 Å². The molecule has 0 aliphatic carbocycles. The van der Waals surface area contributed by atoms with E-state index < -0.39 is 0 Å². The third kappa shape index (κ3) is 7.39. The molecular formula is C56H46N4. The second-order valence-corrected chi connectivity index (χ2v) is 15.0. The Bertz CT molecular complexity index is 3160. The van der Waals surface area contributed by atoms with Crippen molar-refractivity contribution in [1.82, 2.24) is 9.13 Å². The first-order valence-electron chi connectivity index (χ1n) is 20.3. The quantitative estimate of drug-likeness (QED) is 0.123. The number of hydrogen-bond acceptors (Lipinski definition) is 2. The van der Waals surface area contributed by atoms with E-state index in [1.54, 1.807) is 6.08 Å². The maximum atomic E-state index is 5.85. The Balaban J connectivity index is 0.000000194. The highest BCUT2D eigenvalue weighted by atomic mass is 15.1. The molecule has 290 valence electrons. The minimum atomic E-state index is 0.780. The van der Waals surface area contributed by atoms with Gasteiger partial charge >= 0.3 is 0 Å². The van der Waals surface area contributed by atoms with Gasteiger partial charge in [-0.3, -0.25) is 0 Å². The summed E-state index contributed by atoms with van der Waals surface area (Å²) in [7, 11) is 4.27. The van der Waals surface area contributed by atoms with Crippen LogP contribution in [-0.4, -0.2) is 9.13 Å². The van der Waals surface area contributed by atoms with Crippen LogP contribution in [0.2, 0.25) is 0 Å². The molecule has 0 amide bonds. The average Bonchev–Trinajstić information content (AvgIpc) is 3.75. The van der Waals surface area contributed by atoms with Gasteiger partial charge < -0.3 is 19.8 Å². The molecule has 2 heterocycles. The molecule has 0 bridgehead atoms. The van der Waals surface area contributed by atoms with Gasteiger partial charge in [0, 0.05) is 74.9 Å². The summed E-state index contributed by atoms with van der Waals surface area (Å²) in [6.07, 6.45) is 9.82. The summed E-state index contributed by atoms with van der Waals surface area (Å²) in [5.41, 5.74) is 20.9. The number of fused-ring (bicyclic) bond motifs is 6. The van der Waals surface area contributed by atoms with Gasteiger partial charge in [-0.25, -0.2) is 0 Å². The number of nitrogen functional groups attached to an aromatic ring is 1. The molecule has 60 heavy (non-hydrogen) atoms. The van der Waals surface area contributed by atoms with Gasteiger partial charge in [-0.1, -0.05) is 158 Å². The highest BCUT2D eigenvalue weighted by Gasteiger charge is 2.16. The number of anilines is 4. The van der Waals surface area contributed by atoms with E-state index in [1.165, 1.54) is 65.9 Å². The van der Waals surface area contributed by atoms with Gasteiger partial charge in [0.1, 0.15) is 0 Å². The second kappa shape index (κ2) is 16.6. The molecule has 0 aliphatic heterocycles. The van der Waals surface area contributed by atoms with Crippen LogP contribution in [0, 0.1) is 0 Å². The summed E-state index contributed by atoms with van der Waals surface area (Å²) in [5, 5.41) is 5.17. The Morgan fingerprint density at radius 2 is 0.867 bits per heavy atom. The molecule has 2 N–H and O–H groups in total. The molecule has 10 aromatic rings. The van der Waals surface area contributed by atoms with Gasteiger partial charge in [-0.05, 0) is 94.5 Å². The highest BCUT2D eigenvalue weighted by molar-refractivity contribution is 6.10. The number of nitrogens with two attached hydrogens (primary N) is 1. The zero-order valence-corrected chi connectivity index (χ0v) is 33.9. The molecule has 0 aliphatic rings. The van der Waals surface area contributed by atoms with E-state index in [9.17, 15) is 0 Å². The lowest BCUT2D eigenvalue weighted by molar-refractivity contribution is 1.01. The van der Waals surface area contributed by atoms with Gasteiger partial charge in [-0.15, -0.1) is 0 Å². The molecule has 10 rings (SSSR count). The van der Waals surface area contributed by atoms with Crippen molar-refractivity contribution in [3.05, 3.63) is 225 Å². The number of aromatic nitrogens is 2. The number of nitrogens with zero attached hydrogens (tertiary/aromatic N) is 3. The predicted molar refractivity (Wildman–Crippen MR) is 259 cm³/mol. The minimum Gasteiger partial charge on any atom is -0.399 e. The molecule has 8 aromatic carbocycles. The lowest BCUT2D eigenvalue weighted by atomic mass is 10.00. The van der Waals surface area contributed by atoms with Crippen molar-refractivity contribution >= 4 is 72.4 Å². The molecule has 0 unspecified atom stereocenters. The largest absolute Gasteiger partial charge is 0.399 e. The summed E-state index contributed by atoms with van der Waals surface area (Å²) >= 11 is 0. The van der Waals surface area contributed by atoms with E-state index >= 15 is 0 Å². The van der Waals surface area contributed by atoms with Crippen molar-refractivity contribution in [1.29, 1.82) is 0 Å². The normalized spacial score (nSPS) is 11.5. The Morgan fingerprint density at radius 3 is 1.45 bits per heavy atom. The van der Waals surface area contributed by atoms with Crippen LogP contribution in [0.15, 0.2) is 219 Å². The standard InChI is InChI=1S/C37H29N3.C19H17N/c1-39-36-10-6-5-9-34(36)35-24-23-33(25-37(35)39)40(31-7-3-2-4-8-31)32-21-17-29(18-22-32)27-13-11-26(12-14-27)28-15-19-30(38)20-16-28;1-3-4-5-6-9-15-12-13-17-16-10-7-8-11-18(16)20(2)19(17)14-15/h2-25H,38H2,1H3;3-14H,1H2,2H3/b;5-4-,9-6-. The summed E-state index contributed by atoms with van der Waals surface area (Å²) in [4.78, 5) is 2.32. The fourth-order valence-electron chi connectivity index (χ4n) is 8.24. The number of hydrogen-bond donors (Lipinski definition) is 1. The Hall–Kier alpha value is -7.82. The topological polar surface area (TPSA) is 39.1 Å². The SMILES string of the molecule is C=C/C=C\C=C/c1ccc2c3ccccc3n(C)c2c1.Cn1c2ccccc2c2ccc(N(c3ccccc3)c3ccc(-c4ccc(-c5ccc(N)cc5)cc4)cc3)cc21. The Morgan fingerprint density at radius 1 is 0.417 bits per heavy atom. The molecule has 2 aromatic heterocycles. The second-order valence-electron chi connectivity index (χ2n) is 15.0. The molecule has 4 heteroatoms. The molecule has 4 nitrogen and oxygen atoms in total. The van der Waals surface area contributed by atoms with E-state index in [-0.39, 0.29) is 0 Å². The number of para-hydroxylation sites is 3. The van der Waals surface area contributed by atoms with Gasteiger partial charge in [0.2, 0.25) is 0 Å². The fourth-order valence-corrected chi connectivity index (χ4v) is 8.24. The maximum Gasteiger partial charge on any atom is 0.0509 e. The molecule has 0 atom stereocenters. The van der Waals surface area contributed by atoms with Gasteiger partial charge in [0.15, 0.2) is 0 Å². The van der Waals surface area contributed by atoms with E-state index in [1.807, 2.05) is 30.4 Å². The lowest BCUT2D eigenvalue weighted by Crippen LogP contribution is -2.09. The zero-order valence-electron chi connectivity index (χ0n) is 33.9. The van der Waals surface area contributed by atoms with Crippen LogP contribution in [0.1, 0.15) is 5.56 Å². The highest BCUT2D eigenvalue weighted by Crippen LogP contribution is 2.39. The van der Waals surface area contributed by atoms with Crippen molar-refractivity contribution in [3.8, 4) is 22.3 Å². The van der Waals surface area contributed by atoms with Crippen LogP contribution < -0.4 is 10.6 Å². The summed E-state index contributed by atoms with van der Waals surface area (Å²) in [5.74, 6) is 0. The van der Waals surface area contributed by atoms with Gasteiger partial charge in [0.25, 0.3) is 0 Å². The summed E-state index contributed by atoms with van der Waals surface area (Å²) in [6, 6.07) is 66.6. The number of rotatable bonds is 8. The summed E-state index contributed by atoms with van der Waals surface area (Å²) in [6.45, 7) is 3.66. The van der Waals surface area contributed by atoms with Crippen molar-refractivity contribution in [2.45, 2.75) is 0 Å². The third-order valence-electron chi connectivity index (χ3n) is 11.3. The molecule has 0 fully saturated rings.